The van der Waals surface area contributed by atoms with Gasteiger partial charge in [-0.1, -0.05) is 67.1 Å². The van der Waals surface area contributed by atoms with E-state index in [4.69, 9.17) is 0 Å². The van der Waals surface area contributed by atoms with Crippen molar-refractivity contribution in [2.75, 3.05) is 39.8 Å². The van der Waals surface area contributed by atoms with E-state index >= 15 is 0 Å². The molecule has 0 radical (unpaired) electrons. The van der Waals surface area contributed by atoms with Crippen molar-refractivity contribution in [3.63, 3.8) is 0 Å². The zero-order valence-electron chi connectivity index (χ0n) is 18.9. The maximum Gasteiger partial charge on any atom is 0.234 e. The van der Waals surface area contributed by atoms with Gasteiger partial charge in [-0.25, -0.2) is 0 Å². The Balaban J connectivity index is 1.16. The van der Waals surface area contributed by atoms with Crippen LogP contribution in [0.1, 0.15) is 43.2 Å². The van der Waals surface area contributed by atoms with E-state index in [9.17, 15) is 4.79 Å². The third-order valence-corrected chi connectivity index (χ3v) is 7.26. The van der Waals surface area contributed by atoms with Crippen molar-refractivity contribution in [3.05, 3.63) is 71.8 Å². The molecule has 2 aliphatic rings. The van der Waals surface area contributed by atoms with E-state index < -0.39 is 0 Å². The molecule has 0 unspecified atom stereocenters. The molecule has 1 saturated heterocycles. The second-order valence-electron chi connectivity index (χ2n) is 9.68. The van der Waals surface area contributed by atoms with Gasteiger partial charge in [0, 0.05) is 25.0 Å². The minimum Gasteiger partial charge on any atom is -0.354 e. The van der Waals surface area contributed by atoms with Crippen molar-refractivity contribution in [1.82, 2.24) is 15.1 Å². The molecule has 2 aromatic carbocycles. The number of hydrogen-bond acceptors (Lipinski definition) is 3. The average Bonchev–Trinajstić information content (AvgIpc) is 2.76. The highest BCUT2D eigenvalue weighted by atomic mass is 16.2. The predicted molar refractivity (Wildman–Crippen MR) is 127 cm³/mol. The number of likely N-dealkylation sites (tertiary alicyclic amines) is 1. The Kier molecular flexibility index (Phi) is 7.41. The molecule has 0 atom stereocenters. The van der Waals surface area contributed by atoms with E-state index in [0.29, 0.717) is 6.54 Å². The molecule has 2 aromatic rings. The molecule has 1 aliphatic carbocycles. The summed E-state index contributed by atoms with van der Waals surface area (Å²) in [6.45, 7) is 5.51. The molecule has 4 rings (SSSR count). The van der Waals surface area contributed by atoms with Crippen LogP contribution in [-0.4, -0.2) is 55.5 Å². The van der Waals surface area contributed by atoms with Gasteiger partial charge in [0.05, 0.1) is 6.54 Å². The SMILES string of the molecule is CN(Cc1ccccc1)CC1CCN(CC(=O)NCC2(c3ccccc3)CCC2)CC1. The van der Waals surface area contributed by atoms with E-state index in [1.54, 1.807) is 0 Å². The third-order valence-electron chi connectivity index (χ3n) is 7.26. The summed E-state index contributed by atoms with van der Waals surface area (Å²) < 4.78 is 0. The summed E-state index contributed by atoms with van der Waals surface area (Å²) >= 11 is 0. The van der Waals surface area contributed by atoms with Gasteiger partial charge >= 0.3 is 0 Å². The fourth-order valence-corrected chi connectivity index (χ4v) is 5.22. The average molecular weight is 420 g/mol. The lowest BCUT2D eigenvalue weighted by Crippen LogP contribution is -2.49. The molecule has 4 nitrogen and oxygen atoms in total. The molecule has 4 heteroatoms. The lowest BCUT2D eigenvalue weighted by molar-refractivity contribution is -0.123. The van der Waals surface area contributed by atoms with E-state index in [0.717, 1.165) is 38.6 Å². The molecule has 1 heterocycles. The van der Waals surface area contributed by atoms with Gasteiger partial charge in [-0.05, 0) is 62.9 Å². The molecule has 0 spiro atoms. The summed E-state index contributed by atoms with van der Waals surface area (Å²) in [4.78, 5) is 17.4. The van der Waals surface area contributed by atoms with Gasteiger partial charge in [0.1, 0.15) is 0 Å². The number of amides is 1. The van der Waals surface area contributed by atoms with Crippen molar-refractivity contribution in [3.8, 4) is 0 Å². The van der Waals surface area contributed by atoms with Crippen molar-refractivity contribution in [1.29, 1.82) is 0 Å². The summed E-state index contributed by atoms with van der Waals surface area (Å²) in [6, 6.07) is 21.4. The van der Waals surface area contributed by atoms with Gasteiger partial charge in [-0.15, -0.1) is 0 Å². The van der Waals surface area contributed by atoms with E-state index in [2.05, 4.69) is 82.8 Å². The summed E-state index contributed by atoms with van der Waals surface area (Å²) in [7, 11) is 2.22. The summed E-state index contributed by atoms with van der Waals surface area (Å²) in [5.41, 5.74) is 2.91. The molecule has 0 aromatic heterocycles. The smallest absolute Gasteiger partial charge is 0.234 e. The van der Waals surface area contributed by atoms with Crippen molar-refractivity contribution in [2.24, 2.45) is 5.92 Å². The number of nitrogens with one attached hydrogen (secondary N) is 1. The predicted octanol–water partition coefficient (Wildman–Crippen LogP) is 4.07. The Morgan fingerprint density at radius 1 is 1.03 bits per heavy atom. The number of piperidine rings is 1. The van der Waals surface area contributed by atoms with Gasteiger partial charge in [0.15, 0.2) is 0 Å². The Labute approximate surface area is 187 Å². The lowest BCUT2D eigenvalue weighted by atomic mass is 9.64. The molecule has 1 N–H and O–H groups in total. The van der Waals surface area contributed by atoms with Crippen LogP contribution in [0.25, 0.3) is 0 Å². The standard InChI is InChI=1S/C27H37N3O/c1-29(19-23-9-4-2-5-10-23)20-24-13-17-30(18-14-24)21-26(31)28-22-27(15-8-16-27)25-11-6-3-7-12-25/h2-7,9-12,24H,8,13-22H2,1H3,(H,28,31). The third kappa shape index (κ3) is 5.96. The van der Waals surface area contributed by atoms with Crippen LogP contribution in [-0.2, 0) is 16.8 Å². The number of carbonyl (C=O) groups is 1. The normalized spacial score (nSPS) is 19.2. The van der Waals surface area contributed by atoms with Crippen molar-refractivity contribution in [2.45, 2.75) is 44.1 Å². The summed E-state index contributed by atoms with van der Waals surface area (Å²) in [5, 5.41) is 3.25. The Bertz CT molecular complexity index is 811. The minimum absolute atomic E-state index is 0.160. The van der Waals surface area contributed by atoms with Crippen LogP contribution in [0.4, 0.5) is 0 Å². The Morgan fingerprint density at radius 3 is 2.29 bits per heavy atom. The number of carbonyl (C=O) groups excluding carboxylic acids is 1. The van der Waals surface area contributed by atoms with E-state index in [1.165, 1.54) is 43.2 Å². The zero-order valence-corrected chi connectivity index (χ0v) is 18.9. The molecular formula is C27H37N3O. The monoisotopic (exact) mass is 419 g/mol. The highest BCUT2D eigenvalue weighted by Crippen LogP contribution is 2.43. The second-order valence-corrected chi connectivity index (χ2v) is 9.68. The fourth-order valence-electron chi connectivity index (χ4n) is 5.22. The van der Waals surface area contributed by atoms with Gasteiger partial charge in [-0.3, -0.25) is 9.69 Å². The first-order valence-electron chi connectivity index (χ1n) is 11.9. The van der Waals surface area contributed by atoms with Crippen LogP contribution >= 0.6 is 0 Å². The molecule has 166 valence electrons. The first kappa shape index (κ1) is 22.0. The highest BCUT2D eigenvalue weighted by molar-refractivity contribution is 5.78. The van der Waals surface area contributed by atoms with Gasteiger partial charge in [-0.2, -0.15) is 0 Å². The largest absolute Gasteiger partial charge is 0.354 e. The lowest BCUT2D eigenvalue weighted by Gasteiger charge is -2.43. The summed E-state index contributed by atoms with van der Waals surface area (Å²) in [5.74, 6) is 0.909. The van der Waals surface area contributed by atoms with Crippen LogP contribution in [0, 0.1) is 5.92 Å². The number of nitrogens with zero attached hydrogens (tertiary/aromatic N) is 2. The molecule has 31 heavy (non-hydrogen) atoms. The van der Waals surface area contributed by atoms with Crippen LogP contribution < -0.4 is 5.32 Å². The van der Waals surface area contributed by atoms with Crippen molar-refractivity contribution >= 4 is 5.91 Å². The van der Waals surface area contributed by atoms with Crippen molar-refractivity contribution < 1.29 is 4.79 Å². The van der Waals surface area contributed by atoms with Crippen LogP contribution in [0.15, 0.2) is 60.7 Å². The topological polar surface area (TPSA) is 35.6 Å². The number of rotatable bonds is 9. The maximum atomic E-state index is 12.6. The molecule has 1 saturated carbocycles. The van der Waals surface area contributed by atoms with Gasteiger partial charge in [0.2, 0.25) is 5.91 Å². The van der Waals surface area contributed by atoms with Gasteiger partial charge in [0.25, 0.3) is 0 Å². The summed E-state index contributed by atoms with van der Waals surface area (Å²) in [6.07, 6.45) is 5.98. The van der Waals surface area contributed by atoms with Crippen LogP contribution in [0.2, 0.25) is 0 Å². The first-order valence-corrected chi connectivity index (χ1v) is 11.9. The molecule has 0 bridgehead atoms. The van der Waals surface area contributed by atoms with Crippen LogP contribution in [0.5, 0.6) is 0 Å². The molecule has 2 fully saturated rings. The molecule has 1 aliphatic heterocycles. The van der Waals surface area contributed by atoms with E-state index in [-0.39, 0.29) is 11.3 Å². The maximum absolute atomic E-state index is 12.6. The molecular weight excluding hydrogens is 382 g/mol. The van der Waals surface area contributed by atoms with E-state index in [1.807, 2.05) is 0 Å². The zero-order chi connectivity index (χ0) is 21.5. The number of benzene rings is 2. The Hall–Kier alpha value is -2.17. The Morgan fingerprint density at radius 2 is 1.68 bits per heavy atom. The minimum atomic E-state index is 0.160. The second kappa shape index (κ2) is 10.4. The molecule has 1 amide bonds. The quantitative estimate of drug-likeness (QED) is 0.666. The highest BCUT2D eigenvalue weighted by Gasteiger charge is 2.38. The van der Waals surface area contributed by atoms with Crippen LogP contribution in [0.3, 0.4) is 0 Å². The first-order chi connectivity index (χ1) is 15.1. The number of hydrogen-bond donors (Lipinski definition) is 1. The van der Waals surface area contributed by atoms with Gasteiger partial charge < -0.3 is 10.2 Å². The fraction of sp³-hybridized carbons (Fsp3) is 0.519.